The Morgan fingerprint density at radius 3 is 2.58 bits per heavy atom. The molecular formula is C16H14N4O5S. The summed E-state index contributed by atoms with van der Waals surface area (Å²) >= 11 is 0. The third-order valence-corrected chi connectivity index (χ3v) is 4.81. The molecular weight excluding hydrogens is 360 g/mol. The van der Waals surface area contributed by atoms with Crippen molar-refractivity contribution in [2.45, 2.75) is 4.90 Å². The van der Waals surface area contributed by atoms with Gasteiger partial charge in [-0.25, -0.2) is 13.6 Å². The van der Waals surface area contributed by atoms with Crippen LogP contribution in [0.5, 0.6) is 0 Å². The highest BCUT2D eigenvalue weighted by atomic mass is 32.2. The fourth-order valence-electron chi connectivity index (χ4n) is 2.66. The summed E-state index contributed by atoms with van der Waals surface area (Å²) in [5.74, 6) is -0.438. The van der Waals surface area contributed by atoms with Crippen LogP contribution in [-0.2, 0) is 14.8 Å². The Kier molecular flexibility index (Phi) is 4.22. The second-order valence-corrected chi connectivity index (χ2v) is 7.11. The third-order valence-electron chi connectivity index (χ3n) is 3.90. The lowest BCUT2D eigenvalue weighted by Gasteiger charge is -2.04. The van der Waals surface area contributed by atoms with Crippen LogP contribution in [0.15, 0.2) is 41.3 Å². The first-order valence-electron chi connectivity index (χ1n) is 7.37. The Labute approximate surface area is 148 Å². The highest BCUT2D eigenvalue weighted by molar-refractivity contribution is 7.89. The highest BCUT2D eigenvalue weighted by Gasteiger charge is 2.26. The Morgan fingerprint density at radius 1 is 1.23 bits per heavy atom. The summed E-state index contributed by atoms with van der Waals surface area (Å²) in [5.41, 5.74) is 1.62. The molecule has 1 heterocycles. The van der Waals surface area contributed by atoms with Gasteiger partial charge in [-0.15, -0.1) is 0 Å². The lowest BCUT2D eigenvalue weighted by atomic mass is 10.0. The van der Waals surface area contributed by atoms with E-state index in [1.807, 2.05) is 0 Å². The molecule has 1 amide bonds. The molecule has 4 N–H and O–H groups in total. The third kappa shape index (κ3) is 3.15. The van der Waals surface area contributed by atoms with Gasteiger partial charge in [0.2, 0.25) is 10.0 Å². The van der Waals surface area contributed by atoms with Crippen LogP contribution >= 0.6 is 0 Å². The van der Waals surface area contributed by atoms with Crippen molar-refractivity contribution in [1.29, 1.82) is 0 Å². The number of nitrogens with one attached hydrogen (secondary N) is 2. The second kappa shape index (κ2) is 6.24. The van der Waals surface area contributed by atoms with Crippen molar-refractivity contribution in [3.8, 4) is 0 Å². The number of hydrogen-bond donors (Lipinski definition) is 3. The van der Waals surface area contributed by atoms with Gasteiger partial charge in [0.15, 0.2) is 0 Å². The van der Waals surface area contributed by atoms with Crippen molar-refractivity contribution < 1.29 is 18.1 Å². The molecule has 134 valence electrons. The van der Waals surface area contributed by atoms with E-state index in [9.17, 15) is 23.3 Å². The van der Waals surface area contributed by atoms with Crippen LogP contribution in [0, 0.1) is 10.1 Å². The minimum atomic E-state index is -3.93. The molecule has 2 aromatic rings. The van der Waals surface area contributed by atoms with Crippen molar-refractivity contribution >= 4 is 44.6 Å². The Hall–Kier alpha value is -3.24. The zero-order valence-electron chi connectivity index (χ0n) is 13.5. The van der Waals surface area contributed by atoms with Crippen LogP contribution < -0.4 is 15.8 Å². The molecule has 2 aromatic carbocycles. The molecule has 0 bridgehead atoms. The van der Waals surface area contributed by atoms with Gasteiger partial charge < -0.3 is 10.6 Å². The summed E-state index contributed by atoms with van der Waals surface area (Å²) in [6, 6.07) is 8.50. The number of rotatable bonds is 4. The first-order valence-corrected chi connectivity index (χ1v) is 8.92. The van der Waals surface area contributed by atoms with E-state index < -0.39 is 20.9 Å². The fourth-order valence-corrected chi connectivity index (χ4v) is 3.19. The fraction of sp³-hybridized carbons (Fsp3) is 0.0625. The number of nitrogens with zero attached hydrogens (tertiary/aromatic N) is 1. The van der Waals surface area contributed by atoms with Crippen LogP contribution in [-0.4, -0.2) is 26.3 Å². The summed E-state index contributed by atoms with van der Waals surface area (Å²) in [4.78, 5) is 22.7. The second-order valence-electron chi connectivity index (χ2n) is 5.55. The van der Waals surface area contributed by atoms with Crippen LogP contribution in [0.4, 0.5) is 17.1 Å². The van der Waals surface area contributed by atoms with E-state index in [1.54, 1.807) is 13.1 Å². The average molecular weight is 374 g/mol. The van der Waals surface area contributed by atoms with Crippen molar-refractivity contribution in [2.24, 2.45) is 5.14 Å². The summed E-state index contributed by atoms with van der Waals surface area (Å²) in [6.45, 7) is 0. The van der Waals surface area contributed by atoms with Gasteiger partial charge in [-0.2, -0.15) is 0 Å². The van der Waals surface area contributed by atoms with Crippen molar-refractivity contribution in [3.05, 3.63) is 57.6 Å². The predicted molar refractivity (Wildman–Crippen MR) is 97.0 cm³/mol. The zero-order chi connectivity index (χ0) is 19.1. The topological polar surface area (TPSA) is 144 Å². The molecule has 1 aliphatic heterocycles. The van der Waals surface area contributed by atoms with Gasteiger partial charge in [0.1, 0.15) is 5.69 Å². The summed E-state index contributed by atoms with van der Waals surface area (Å²) in [6.07, 6.45) is 1.46. The molecule has 0 saturated carbocycles. The maximum atomic E-state index is 12.2. The molecule has 0 spiro atoms. The average Bonchev–Trinajstić information content (AvgIpc) is 2.89. The quantitative estimate of drug-likeness (QED) is 0.422. The van der Waals surface area contributed by atoms with E-state index in [1.165, 1.54) is 36.4 Å². The number of sulfonamides is 1. The number of nitro benzene ring substituents is 1. The summed E-state index contributed by atoms with van der Waals surface area (Å²) < 4.78 is 23.1. The Bertz CT molecular complexity index is 1080. The summed E-state index contributed by atoms with van der Waals surface area (Å²) in [7, 11) is -2.36. The number of hydrogen-bond acceptors (Lipinski definition) is 6. The lowest BCUT2D eigenvalue weighted by Crippen LogP contribution is -2.12. The molecule has 0 aromatic heterocycles. The molecule has 10 heteroatoms. The predicted octanol–water partition coefficient (Wildman–Crippen LogP) is 1.78. The standard InChI is InChI=1S/C16H14N4O5S/c1-18-14-4-2-9(7-15(14)20(22)23)6-12-11-8-10(26(17,24)25)3-5-13(11)19-16(12)21/h2-8,18H,1H3,(H,19,21)(H2,17,24,25)/b12-6+. The number of carbonyl (C=O) groups excluding carboxylic acids is 1. The maximum absolute atomic E-state index is 12.2. The molecule has 0 radical (unpaired) electrons. The monoisotopic (exact) mass is 374 g/mol. The minimum Gasteiger partial charge on any atom is -0.383 e. The molecule has 9 nitrogen and oxygen atoms in total. The van der Waals surface area contributed by atoms with E-state index >= 15 is 0 Å². The first-order chi connectivity index (χ1) is 12.2. The van der Waals surface area contributed by atoms with E-state index in [4.69, 9.17) is 5.14 Å². The van der Waals surface area contributed by atoms with Gasteiger partial charge in [0.05, 0.1) is 9.82 Å². The molecule has 0 atom stereocenters. The maximum Gasteiger partial charge on any atom is 0.292 e. The minimum absolute atomic E-state index is 0.129. The Morgan fingerprint density at radius 2 is 1.96 bits per heavy atom. The molecule has 0 saturated heterocycles. The number of anilines is 2. The smallest absolute Gasteiger partial charge is 0.292 e. The van der Waals surface area contributed by atoms with E-state index in [-0.39, 0.29) is 16.2 Å². The largest absolute Gasteiger partial charge is 0.383 e. The number of nitro groups is 1. The van der Waals surface area contributed by atoms with Crippen molar-refractivity contribution in [3.63, 3.8) is 0 Å². The number of fused-ring (bicyclic) bond motifs is 1. The van der Waals surface area contributed by atoms with Gasteiger partial charge in [0, 0.05) is 29.9 Å². The van der Waals surface area contributed by atoms with Gasteiger partial charge in [0.25, 0.3) is 11.6 Å². The van der Waals surface area contributed by atoms with Crippen molar-refractivity contribution in [1.82, 2.24) is 0 Å². The van der Waals surface area contributed by atoms with E-state index in [0.717, 1.165) is 0 Å². The molecule has 1 aliphatic rings. The first kappa shape index (κ1) is 17.6. The van der Waals surface area contributed by atoms with Crippen LogP contribution in [0.1, 0.15) is 11.1 Å². The molecule has 0 aliphatic carbocycles. The van der Waals surface area contributed by atoms with Crippen molar-refractivity contribution in [2.75, 3.05) is 17.7 Å². The number of benzene rings is 2. The number of nitrogens with two attached hydrogens (primary N) is 1. The number of carbonyl (C=O) groups is 1. The molecule has 26 heavy (non-hydrogen) atoms. The van der Waals surface area contributed by atoms with Crippen LogP contribution in [0.2, 0.25) is 0 Å². The molecule has 0 unspecified atom stereocenters. The van der Waals surface area contributed by atoms with Gasteiger partial charge >= 0.3 is 0 Å². The summed E-state index contributed by atoms with van der Waals surface area (Å²) in [5, 5.41) is 21.6. The van der Waals surface area contributed by atoms with E-state index in [2.05, 4.69) is 10.6 Å². The number of primary sulfonamides is 1. The molecule has 3 rings (SSSR count). The normalized spacial score (nSPS) is 14.8. The number of amides is 1. The lowest BCUT2D eigenvalue weighted by molar-refractivity contribution is -0.384. The highest BCUT2D eigenvalue weighted by Crippen LogP contribution is 2.35. The van der Waals surface area contributed by atoms with Crippen LogP contribution in [0.3, 0.4) is 0 Å². The molecule has 0 fully saturated rings. The van der Waals surface area contributed by atoms with Crippen LogP contribution in [0.25, 0.3) is 11.6 Å². The van der Waals surface area contributed by atoms with Gasteiger partial charge in [-0.05, 0) is 35.9 Å². The Balaban J connectivity index is 2.13. The van der Waals surface area contributed by atoms with E-state index in [0.29, 0.717) is 22.5 Å². The van der Waals surface area contributed by atoms with Gasteiger partial charge in [-0.3, -0.25) is 14.9 Å². The zero-order valence-corrected chi connectivity index (χ0v) is 14.3. The SMILES string of the molecule is CNc1ccc(/C=C2/C(=O)Nc3ccc(S(N)(=O)=O)cc32)cc1[N+](=O)[O-]. The van der Waals surface area contributed by atoms with Gasteiger partial charge in [-0.1, -0.05) is 6.07 Å².